The van der Waals surface area contributed by atoms with E-state index in [-0.39, 0.29) is 18.5 Å². The summed E-state index contributed by atoms with van der Waals surface area (Å²) in [7, 11) is 2.64. The lowest BCUT2D eigenvalue weighted by Crippen LogP contribution is -2.23. The van der Waals surface area contributed by atoms with E-state index in [4.69, 9.17) is 0 Å². The largest absolute Gasteiger partial charge is 0.469 e. The third-order valence-corrected chi connectivity index (χ3v) is 2.51. The lowest BCUT2D eigenvalue weighted by Gasteiger charge is -2.17. The summed E-state index contributed by atoms with van der Waals surface area (Å²) in [5.74, 6) is -2.18. The predicted molar refractivity (Wildman–Crippen MR) is 60.7 cm³/mol. The zero-order valence-electron chi connectivity index (χ0n) is 10.2. The first kappa shape index (κ1) is 14.5. The van der Waals surface area contributed by atoms with Crippen LogP contribution in [0.25, 0.3) is 0 Å². The van der Waals surface area contributed by atoms with Gasteiger partial charge in [0.15, 0.2) is 0 Å². The van der Waals surface area contributed by atoms with Crippen LogP contribution in [0.1, 0.15) is 17.9 Å². The Kier molecular flexibility index (Phi) is 5.67. The van der Waals surface area contributed by atoms with Crippen LogP contribution in [-0.4, -0.2) is 26.7 Å². The molecule has 0 spiro atoms. The average Bonchev–Trinajstić information content (AvgIpc) is 2.37. The number of hydroxylamine groups is 1. The van der Waals surface area contributed by atoms with Gasteiger partial charge in [-0.1, -0.05) is 0 Å². The van der Waals surface area contributed by atoms with Crippen LogP contribution >= 0.6 is 0 Å². The highest BCUT2D eigenvalue weighted by atomic mass is 19.1. The Hall–Kier alpha value is -1.53. The normalized spacial score (nSPS) is 12.2. The zero-order valence-corrected chi connectivity index (χ0v) is 10.2. The van der Waals surface area contributed by atoms with E-state index in [1.54, 1.807) is 0 Å². The standard InChI is InChI=1S/C12H15F2NO3/c1-17-12(16)5-8(7-15-18-2)10-6-9(13)3-4-11(10)14/h3-4,6,8,15H,5,7H2,1-2H3. The average molecular weight is 259 g/mol. The van der Waals surface area contributed by atoms with Crippen LogP contribution < -0.4 is 5.48 Å². The first-order valence-corrected chi connectivity index (χ1v) is 5.36. The van der Waals surface area contributed by atoms with Gasteiger partial charge in [-0.2, -0.15) is 0 Å². The number of hydrogen-bond acceptors (Lipinski definition) is 4. The fourth-order valence-corrected chi connectivity index (χ4v) is 1.59. The third-order valence-electron chi connectivity index (χ3n) is 2.51. The van der Waals surface area contributed by atoms with Crippen LogP contribution in [0.4, 0.5) is 8.78 Å². The molecule has 0 bridgehead atoms. The highest BCUT2D eigenvalue weighted by Crippen LogP contribution is 2.23. The van der Waals surface area contributed by atoms with Gasteiger partial charge in [-0.15, -0.1) is 0 Å². The molecule has 0 saturated heterocycles. The molecule has 1 atom stereocenters. The molecular weight excluding hydrogens is 244 g/mol. The number of carbonyl (C=O) groups excluding carboxylic acids is 1. The number of halogens is 2. The van der Waals surface area contributed by atoms with Crippen LogP contribution in [-0.2, 0) is 14.4 Å². The molecule has 1 rings (SSSR count). The summed E-state index contributed by atoms with van der Waals surface area (Å²) in [5.41, 5.74) is 2.64. The van der Waals surface area contributed by atoms with Gasteiger partial charge in [-0.3, -0.25) is 4.79 Å². The smallest absolute Gasteiger partial charge is 0.306 e. The molecule has 1 unspecified atom stereocenters. The Bertz CT molecular complexity index is 412. The number of nitrogens with one attached hydrogen (secondary N) is 1. The molecule has 18 heavy (non-hydrogen) atoms. The monoisotopic (exact) mass is 259 g/mol. The van der Waals surface area contributed by atoms with E-state index >= 15 is 0 Å². The van der Waals surface area contributed by atoms with Gasteiger partial charge in [-0.25, -0.2) is 14.3 Å². The molecule has 0 amide bonds. The molecule has 6 heteroatoms. The summed E-state index contributed by atoms with van der Waals surface area (Å²) < 4.78 is 31.3. The molecule has 1 aromatic carbocycles. The van der Waals surface area contributed by atoms with E-state index in [1.807, 2.05) is 0 Å². The molecule has 0 aliphatic carbocycles. The van der Waals surface area contributed by atoms with Crippen molar-refractivity contribution in [3.63, 3.8) is 0 Å². The number of rotatable bonds is 6. The fraction of sp³-hybridized carbons (Fsp3) is 0.417. The minimum Gasteiger partial charge on any atom is -0.469 e. The molecule has 0 radical (unpaired) electrons. The molecule has 1 N–H and O–H groups in total. The van der Waals surface area contributed by atoms with E-state index in [0.717, 1.165) is 18.2 Å². The Morgan fingerprint density at radius 2 is 2.11 bits per heavy atom. The Balaban J connectivity index is 2.92. The van der Waals surface area contributed by atoms with Crippen LogP contribution in [0.15, 0.2) is 18.2 Å². The second kappa shape index (κ2) is 7.03. The maximum absolute atomic E-state index is 13.6. The zero-order chi connectivity index (χ0) is 13.5. The Morgan fingerprint density at radius 1 is 1.39 bits per heavy atom. The molecule has 0 aromatic heterocycles. The molecular formula is C12H15F2NO3. The maximum atomic E-state index is 13.6. The van der Waals surface area contributed by atoms with Crippen LogP contribution in [0, 0.1) is 11.6 Å². The number of hydrogen-bond donors (Lipinski definition) is 1. The number of ether oxygens (including phenoxy) is 1. The summed E-state index contributed by atoms with van der Waals surface area (Å²) in [6.45, 7) is 0.173. The van der Waals surface area contributed by atoms with Crippen molar-refractivity contribution < 1.29 is 23.1 Å². The second-order valence-electron chi connectivity index (χ2n) is 3.70. The summed E-state index contributed by atoms with van der Waals surface area (Å²) in [6.07, 6.45) is -0.0623. The van der Waals surface area contributed by atoms with Gasteiger partial charge in [0.05, 0.1) is 20.6 Å². The summed E-state index contributed by atoms with van der Waals surface area (Å²) in [6, 6.07) is 3.12. The van der Waals surface area contributed by atoms with Crippen molar-refractivity contribution in [1.82, 2.24) is 5.48 Å². The first-order valence-electron chi connectivity index (χ1n) is 5.36. The lowest BCUT2D eigenvalue weighted by atomic mass is 9.95. The molecule has 100 valence electrons. The van der Waals surface area contributed by atoms with Crippen molar-refractivity contribution in [2.75, 3.05) is 20.8 Å². The number of methoxy groups -OCH3 is 1. The van der Waals surface area contributed by atoms with Crippen LogP contribution in [0.3, 0.4) is 0 Å². The van der Waals surface area contributed by atoms with Gasteiger partial charge in [0.1, 0.15) is 11.6 Å². The minimum atomic E-state index is -0.566. The van der Waals surface area contributed by atoms with E-state index in [0.29, 0.717) is 0 Å². The van der Waals surface area contributed by atoms with Crippen molar-refractivity contribution in [3.8, 4) is 0 Å². The van der Waals surface area contributed by atoms with Gasteiger partial charge in [0, 0.05) is 12.5 Å². The maximum Gasteiger partial charge on any atom is 0.306 e. The highest BCUT2D eigenvalue weighted by Gasteiger charge is 2.20. The van der Waals surface area contributed by atoms with Gasteiger partial charge in [-0.05, 0) is 23.8 Å². The lowest BCUT2D eigenvalue weighted by molar-refractivity contribution is -0.141. The molecule has 1 aromatic rings. The number of carbonyl (C=O) groups is 1. The SMILES string of the molecule is CONCC(CC(=O)OC)c1cc(F)ccc1F. The van der Waals surface area contributed by atoms with E-state index in [9.17, 15) is 13.6 Å². The quantitative estimate of drug-likeness (QED) is 0.624. The van der Waals surface area contributed by atoms with Crippen molar-refractivity contribution in [2.24, 2.45) is 0 Å². The first-order chi connectivity index (χ1) is 8.58. The molecule has 0 aliphatic rings. The number of esters is 1. The third kappa shape index (κ3) is 4.05. The summed E-state index contributed by atoms with van der Waals surface area (Å²) in [5, 5.41) is 0. The second-order valence-corrected chi connectivity index (χ2v) is 3.70. The van der Waals surface area contributed by atoms with E-state index < -0.39 is 23.5 Å². The molecule has 0 fully saturated rings. The molecule has 0 heterocycles. The molecule has 0 aliphatic heterocycles. The summed E-state index contributed by atoms with van der Waals surface area (Å²) in [4.78, 5) is 15.9. The highest BCUT2D eigenvalue weighted by molar-refractivity contribution is 5.70. The van der Waals surface area contributed by atoms with E-state index in [1.165, 1.54) is 14.2 Å². The van der Waals surface area contributed by atoms with Crippen LogP contribution in [0.5, 0.6) is 0 Å². The van der Waals surface area contributed by atoms with Gasteiger partial charge < -0.3 is 9.57 Å². The number of benzene rings is 1. The van der Waals surface area contributed by atoms with Crippen LogP contribution in [0.2, 0.25) is 0 Å². The van der Waals surface area contributed by atoms with Gasteiger partial charge in [0.2, 0.25) is 0 Å². The summed E-state index contributed by atoms with van der Waals surface area (Å²) >= 11 is 0. The minimum absolute atomic E-state index is 0.0623. The van der Waals surface area contributed by atoms with Crippen molar-refractivity contribution in [2.45, 2.75) is 12.3 Å². The predicted octanol–water partition coefficient (Wildman–Crippen LogP) is 1.76. The Labute approximate surface area is 104 Å². The van der Waals surface area contributed by atoms with Gasteiger partial charge in [0.25, 0.3) is 0 Å². The fourth-order valence-electron chi connectivity index (χ4n) is 1.59. The van der Waals surface area contributed by atoms with Crippen molar-refractivity contribution in [3.05, 3.63) is 35.4 Å². The Morgan fingerprint density at radius 3 is 2.72 bits per heavy atom. The van der Waals surface area contributed by atoms with E-state index in [2.05, 4.69) is 15.1 Å². The molecule has 0 saturated carbocycles. The van der Waals surface area contributed by atoms with Gasteiger partial charge >= 0.3 is 5.97 Å². The van der Waals surface area contributed by atoms with Crippen molar-refractivity contribution in [1.29, 1.82) is 0 Å². The van der Waals surface area contributed by atoms with Crippen molar-refractivity contribution >= 4 is 5.97 Å². The topological polar surface area (TPSA) is 47.6 Å². The molecule has 4 nitrogen and oxygen atoms in total.